The number of benzene rings is 8. The maximum absolute atomic E-state index is 5.37. The maximum atomic E-state index is 5.37. The molecule has 3 heteroatoms. The summed E-state index contributed by atoms with van der Waals surface area (Å²) in [5.41, 5.74) is 17.2. The number of rotatable bonds is 6. The molecule has 274 valence electrons. The predicted octanol–water partition coefficient (Wildman–Crippen LogP) is 15.2. The van der Waals surface area contributed by atoms with Gasteiger partial charge in [-0.25, -0.2) is 9.97 Å². The Hall–Kier alpha value is -6.94. The predicted molar refractivity (Wildman–Crippen MR) is 245 cm³/mol. The monoisotopic (exact) mass is 758 g/mol. The van der Waals surface area contributed by atoms with E-state index in [0.717, 1.165) is 50.3 Å². The van der Waals surface area contributed by atoms with Gasteiger partial charge in [-0.15, -0.1) is 11.3 Å². The molecule has 0 bridgehead atoms. The van der Waals surface area contributed by atoms with E-state index in [1.165, 1.54) is 53.6 Å². The third-order valence-electron chi connectivity index (χ3n) is 11.9. The molecule has 0 saturated carbocycles. The number of aromatic nitrogens is 2. The molecule has 0 fully saturated rings. The average Bonchev–Trinajstić information content (AvgIpc) is 3.79. The van der Waals surface area contributed by atoms with Crippen LogP contribution in [0.4, 0.5) is 0 Å². The van der Waals surface area contributed by atoms with Crippen LogP contribution in [-0.4, -0.2) is 9.97 Å². The number of nitrogens with zero attached hydrogens (tertiary/aromatic N) is 2. The highest BCUT2D eigenvalue weighted by molar-refractivity contribution is 7.26. The number of fused-ring (bicyclic) bond motifs is 6. The van der Waals surface area contributed by atoms with Crippen LogP contribution in [0.3, 0.4) is 0 Å². The van der Waals surface area contributed by atoms with Crippen molar-refractivity contribution in [3.63, 3.8) is 0 Å². The lowest BCUT2D eigenvalue weighted by Crippen LogP contribution is -2.14. The minimum absolute atomic E-state index is 0.0961. The van der Waals surface area contributed by atoms with Gasteiger partial charge in [0.05, 0.1) is 11.4 Å². The molecule has 10 aromatic rings. The third-order valence-corrected chi connectivity index (χ3v) is 13.1. The smallest absolute Gasteiger partial charge is 0.160 e. The highest BCUT2D eigenvalue weighted by atomic mass is 32.1. The Balaban J connectivity index is 1.15. The van der Waals surface area contributed by atoms with Crippen molar-refractivity contribution >= 4 is 31.5 Å². The first-order chi connectivity index (χ1) is 28.5. The molecule has 8 aromatic carbocycles. The van der Waals surface area contributed by atoms with Gasteiger partial charge in [-0.05, 0) is 86.0 Å². The summed E-state index contributed by atoms with van der Waals surface area (Å²) in [7, 11) is 0. The van der Waals surface area contributed by atoms with E-state index in [-0.39, 0.29) is 5.41 Å². The number of hydrogen-bond acceptors (Lipinski definition) is 3. The molecule has 0 aliphatic heterocycles. The van der Waals surface area contributed by atoms with Crippen LogP contribution in [0.25, 0.3) is 98.6 Å². The van der Waals surface area contributed by atoms with Crippen LogP contribution in [0.2, 0.25) is 0 Å². The van der Waals surface area contributed by atoms with E-state index in [2.05, 4.69) is 202 Å². The summed E-state index contributed by atoms with van der Waals surface area (Å²) in [4.78, 5) is 10.7. The van der Waals surface area contributed by atoms with Gasteiger partial charge in [-0.1, -0.05) is 178 Å². The van der Waals surface area contributed by atoms with Gasteiger partial charge in [-0.3, -0.25) is 0 Å². The average molecular weight is 759 g/mol. The van der Waals surface area contributed by atoms with E-state index < -0.39 is 0 Å². The van der Waals surface area contributed by atoms with Crippen molar-refractivity contribution in [2.45, 2.75) is 19.3 Å². The van der Waals surface area contributed by atoms with Crippen molar-refractivity contribution in [3.8, 4) is 78.4 Å². The molecule has 2 aromatic heterocycles. The molecule has 0 saturated heterocycles. The minimum atomic E-state index is -0.0961. The quantitative estimate of drug-likeness (QED) is 0.169. The molecule has 0 N–H and O–H groups in total. The number of thiophene rings is 1. The SMILES string of the molecule is CC1(C)c2ccccc2-c2c(-c3ccccc3-c3cc(-c4cc(-c5ccccc5)cc(-c5cccc6c5sc5ccccc56)c4)nc(-c4ccccc4)n3)cccc21. The van der Waals surface area contributed by atoms with Gasteiger partial charge in [-0.2, -0.15) is 0 Å². The zero-order chi connectivity index (χ0) is 38.8. The maximum Gasteiger partial charge on any atom is 0.160 e. The Bertz CT molecular complexity index is 3190. The zero-order valence-corrected chi connectivity index (χ0v) is 33.1. The fourth-order valence-electron chi connectivity index (χ4n) is 9.07. The molecule has 0 atom stereocenters. The van der Waals surface area contributed by atoms with Crippen molar-refractivity contribution in [1.29, 1.82) is 0 Å². The summed E-state index contributed by atoms with van der Waals surface area (Å²) in [5, 5.41) is 2.59. The van der Waals surface area contributed by atoms with Gasteiger partial charge in [0.1, 0.15) is 0 Å². The van der Waals surface area contributed by atoms with Gasteiger partial charge < -0.3 is 0 Å². The van der Waals surface area contributed by atoms with Gasteiger partial charge in [0.2, 0.25) is 0 Å². The summed E-state index contributed by atoms with van der Waals surface area (Å²) in [6.45, 7) is 4.68. The van der Waals surface area contributed by atoms with Crippen LogP contribution in [0.1, 0.15) is 25.0 Å². The first-order valence-electron chi connectivity index (χ1n) is 19.9. The fourth-order valence-corrected chi connectivity index (χ4v) is 10.3. The molecule has 2 heterocycles. The molecule has 1 aliphatic rings. The van der Waals surface area contributed by atoms with E-state index in [0.29, 0.717) is 5.82 Å². The van der Waals surface area contributed by atoms with Crippen molar-refractivity contribution in [2.24, 2.45) is 0 Å². The van der Waals surface area contributed by atoms with Crippen LogP contribution in [0.5, 0.6) is 0 Å². The van der Waals surface area contributed by atoms with E-state index >= 15 is 0 Å². The molecule has 58 heavy (non-hydrogen) atoms. The molecule has 2 nitrogen and oxygen atoms in total. The summed E-state index contributed by atoms with van der Waals surface area (Å²) < 4.78 is 2.59. The van der Waals surface area contributed by atoms with Crippen LogP contribution in [0, 0.1) is 0 Å². The van der Waals surface area contributed by atoms with Crippen molar-refractivity contribution in [3.05, 3.63) is 205 Å². The van der Waals surface area contributed by atoms with E-state index in [1.807, 2.05) is 17.4 Å². The van der Waals surface area contributed by atoms with Gasteiger partial charge in [0, 0.05) is 42.3 Å². The molecule has 0 spiro atoms. The first kappa shape index (κ1) is 34.3. The zero-order valence-electron chi connectivity index (χ0n) is 32.3. The largest absolute Gasteiger partial charge is 0.228 e. The third kappa shape index (κ3) is 5.62. The molecule has 0 radical (unpaired) electrons. The van der Waals surface area contributed by atoms with Crippen molar-refractivity contribution in [2.75, 3.05) is 0 Å². The summed E-state index contributed by atoms with van der Waals surface area (Å²) in [6.07, 6.45) is 0. The first-order valence-corrected chi connectivity index (χ1v) is 20.7. The number of hydrogen-bond donors (Lipinski definition) is 0. The minimum Gasteiger partial charge on any atom is -0.228 e. The second kappa shape index (κ2) is 13.6. The topological polar surface area (TPSA) is 25.8 Å². The Labute approximate surface area is 342 Å². The van der Waals surface area contributed by atoms with Crippen LogP contribution in [-0.2, 0) is 5.41 Å². The van der Waals surface area contributed by atoms with E-state index in [9.17, 15) is 0 Å². The standard InChI is InChI=1S/C55H38N2S/c1-55(2)47-28-13-11-24-46(47)52-44(26-16-29-48(52)55)41-21-9-10-22-42(41)50-34-49(56-54(57-50)36-19-7-4-8-20-36)39-32-37(35-17-5-3-6-18-35)31-38(33-39)40-25-15-27-45-43-23-12-14-30-51(43)58-53(40)45/h3-34H,1-2H3. The summed E-state index contributed by atoms with van der Waals surface area (Å²) >= 11 is 1.86. The van der Waals surface area contributed by atoms with Crippen LogP contribution < -0.4 is 0 Å². The molecule has 11 rings (SSSR count). The van der Waals surface area contributed by atoms with Crippen molar-refractivity contribution in [1.82, 2.24) is 9.97 Å². The Morgan fingerprint density at radius 3 is 1.78 bits per heavy atom. The second-order valence-electron chi connectivity index (χ2n) is 15.7. The van der Waals surface area contributed by atoms with Gasteiger partial charge in [0.15, 0.2) is 5.82 Å². The molecular weight excluding hydrogens is 721 g/mol. The lowest BCUT2D eigenvalue weighted by molar-refractivity contribution is 0.660. The van der Waals surface area contributed by atoms with Gasteiger partial charge >= 0.3 is 0 Å². The lowest BCUT2D eigenvalue weighted by atomic mass is 9.81. The highest BCUT2D eigenvalue weighted by Crippen LogP contribution is 2.53. The Morgan fingerprint density at radius 1 is 0.379 bits per heavy atom. The fraction of sp³-hybridized carbons (Fsp3) is 0.0545. The summed E-state index contributed by atoms with van der Waals surface area (Å²) in [6, 6.07) is 70.1. The highest BCUT2D eigenvalue weighted by Gasteiger charge is 2.36. The van der Waals surface area contributed by atoms with Crippen molar-refractivity contribution < 1.29 is 0 Å². The molecule has 0 unspecified atom stereocenters. The van der Waals surface area contributed by atoms with Crippen LogP contribution >= 0.6 is 11.3 Å². The van der Waals surface area contributed by atoms with Gasteiger partial charge in [0.25, 0.3) is 0 Å². The van der Waals surface area contributed by atoms with Crippen LogP contribution in [0.15, 0.2) is 194 Å². The Morgan fingerprint density at radius 2 is 0.948 bits per heavy atom. The van der Waals surface area contributed by atoms with E-state index in [1.54, 1.807) is 0 Å². The molecule has 1 aliphatic carbocycles. The lowest BCUT2D eigenvalue weighted by Gasteiger charge is -2.22. The molecule has 0 amide bonds. The normalized spacial score (nSPS) is 12.8. The molecular formula is C55H38N2S. The summed E-state index contributed by atoms with van der Waals surface area (Å²) in [5.74, 6) is 0.700. The Kier molecular flexibility index (Phi) is 8.06. The second-order valence-corrected chi connectivity index (χ2v) is 16.8. The van der Waals surface area contributed by atoms with E-state index in [4.69, 9.17) is 9.97 Å².